The Labute approximate surface area is 80.6 Å². The number of aromatic nitrogens is 2. The molecule has 0 saturated carbocycles. The number of hydrogen-bond donors (Lipinski definition) is 1. The zero-order valence-corrected chi connectivity index (χ0v) is 7.78. The number of nitrogens with zero attached hydrogens (tertiary/aromatic N) is 1. The van der Waals surface area contributed by atoms with Gasteiger partial charge in [-0.05, 0) is 18.6 Å². The summed E-state index contributed by atoms with van der Waals surface area (Å²) >= 11 is 0. The number of hydrogen-bond acceptors (Lipinski definition) is 3. The number of nitrogens with one attached hydrogen (secondary N) is 1. The number of oxazole rings is 1. The van der Waals surface area contributed by atoms with E-state index in [-0.39, 0.29) is 0 Å². The zero-order chi connectivity index (χ0) is 9.97. The van der Waals surface area contributed by atoms with Gasteiger partial charge in [0.25, 0.3) is 0 Å². The predicted molar refractivity (Wildman–Crippen MR) is 51.9 cm³/mol. The van der Waals surface area contributed by atoms with E-state index in [1.807, 2.05) is 25.1 Å². The lowest BCUT2D eigenvalue weighted by Crippen LogP contribution is -1.95. The van der Waals surface area contributed by atoms with Crippen molar-refractivity contribution < 1.29 is 4.42 Å². The van der Waals surface area contributed by atoms with Crippen LogP contribution in [0.2, 0.25) is 0 Å². The van der Waals surface area contributed by atoms with Crippen LogP contribution in [0.1, 0.15) is 12.6 Å². The first-order chi connectivity index (χ1) is 6.81. The highest BCUT2D eigenvalue weighted by atomic mass is 16.4. The van der Waals surface area contributed by atoms with Crippen molar-refractivity contribution in [2.24, 2.45) is 0 Å². The van der Waals surface area contributed by atoms with Crippen molar-refractivity contribution in [3.05, 3.63) is 40.6 Å². The Morgan fingerprint density at radius 1 is 1.50 bits per heavy atom. The highest BCUT2D eigenvalue weighted by Gasteiger charge is 2.10. The highest BCUT2D eigenvalue weighted by molar-refractivity contribution is 5.54. The Morgan fingerprint density at radius 2 is 2.36 bits per heavy atom. The minimum atomic E-state index is -0.428. The van der Waals surface area contributed by atoms with E-state index in [1.165, 1.54) is 0 Å². The number of H-pyrrole nitrogens is 1. The fraction of sp³-hybridized carbons (Fsp3) is 0.200. The van der Waals surface area contributed by atoms with Gasteiger partial charge in [0.15, 0.2) is 5.76 Å². The fourth-order valence-corrected chi connectivity index (χ4v) is 1.31. The minimum Gasteiger partial charge on any atom is -0.406 e. The summed E-state index contributed by atoms with van der Waals surface area (Å²) in [5.41, 5.74) is 1.47. The van der Waals surface area contributed by atoms with Crippen LogP contribution in [0.25, 0.3) is 11.5 Å². The molecule has 0 amide bonds. The molecule has 72 valence electrons. The van der Waals surface area contributed by atoms with Crippen molar-refractivity contribution >= 4 is 0 Å². The molecule has 0 fully saturated rings. The molecule has 2 heterocycles. The third kappa shape index (κ3) is 1.46. The summed E-state index contributed by atoms with van der Waals surface area (Å²) in [5.74, 6) is 0.112. The van der Waals surface area contributed by atoms with Gasteiger partial charge in [0.1, 0.15) is 5.69 Å². The van der Waals surface area contributed by atoms with Gasteiger partial charge in [-0.1, -0.05) is 13.0 Å². The van der Waals surface area contributed by atoms with Crippen molar-refractivity contribution in [1.29, 1.82) is 0 Å². The van der Waals surface area contributed by atoms with E-state index in [9.17, 15) is 4.79 Å². The summed E-state index contributed by atoms with van der Waals surface area (Å²) in [5, 5.41) is 0. The molecule has 0 bridgehead atoms. The Balaban J connectivity index is 2.56. The third-order valence-corrected chi connectivity index (χ3v) is 1.97. The van der Waals surface area contributed by atoms with Gasteiger partial charge in [-0.3, -0.25) is 9.97 Å². The summed E-state index contributed by atoms with van der Waals surface area (Å²) < 4.78 is 5.02. The van der Waals surface area contributed by atoms with Crippen molar-refractivity contribution in [2.45, 2.75) is 13.3 Å². The number of aryl methyl sites for hydroxylation is 1. The maximum atomic E-state index is 11.0. The normalized spacial score (nSPS) is 10.4. The first-order valence-corrected chi connectivity index (χ1v) is 4.44. The van der Waals surface area contributed by atoms with E-state index in [0.29, 0.717) is 11.5 Å². The third-order valence-electron chi connectivity index (χ3n) is 1.97. The van der Waals surface area contributed by atoms with Crippen LogP contribution in [0.4, 0.5) is 0 Å². The molecule has 0 aliphatic heterocycles. The molecule has 4 nitrogen and oxygen atoms in total. The number of rotatable bonds is 2. The van der Waals surface area contributed by atoms with Gasteiger partial charge in [0, 0.05) is 6.20 Å². The SMILES string of the molecule is CCc1[nH]c(=O)oc1-c1ccccn1. The van der Waals surface area contributed by atoms with E-state index in [4.69, 9.17) is 4.42 Å². The van der Waals surface area contributed by atoms with Crippen LogP contribution in [-0.4, -0.2) is 9.97 Å². The molecule has 0 radical (unpaired) electrons. The van der Waals surface area contributed by atoms with Gasteiger partial charge < -0.3 is 4.42 Å². The van der Waals surface area contributed by atoms with E-state index in [0.717, 1.165) is 12.1 Å². The molecule has 0 aliphatic carbocycles. The summed E-state index contributed by atoms with van der Waals surface area (Å²) in [6.07, 6.45) is 2.39. The Kier molecular flexibility index (Phi) is 2.18. The molecule has 2 rings (SSSR count). The second kappa shape index (κ2) is 3.49. The maximum Gasteiger partial charge on any atom is 0.417 e. The molecule has 0 atom stereocenters. The van der Waals surface area contributed by atoms with Gasteiger partial charge in [0.05, 0.1) is 5.69 Å². The van der Waals surface area contributed by atoms with E-state index in [1.54, 1.807) is 6.20 Å². The summed E-state index contributed by atoms with van der Waals surface area (Å²) in [7, 11) is 0. The maximum absolute atomic E-state index is 11.0. The smallest absolute Gasteiger partial charge is 0.406 e. The first-order valence-electron chi connectivity index (χ1n) is 4.44. The Hall–Kier alpha value is -1.84. The topological polar surface area (TPSA) is 58.9 Å². The second-order valence-corrected chi connectivity index (χ2v) is 2.89. The molecule has 0 aromatic carbocycles. The van der Waals surface area contributed by atoms with Crippen molar-refractivity contribution in [1.82, 2.24) is 9.97 Å². The first kappa shape index (κ1) is 8.74. The molecular formula is C10H10N2O2. The lowest BCUT2D eigenvalue weighted by atomic mass is 10.2. The highest BCUT2D eigenvalue weighted by Crippen LogP contribution is 2.18. The van der Waals surface area contributed by atoms with Gasteiger partial charge in [-0.15, -0.1) is 0 Å². The molecule has 14 heavy (non-hydrogen) atoms. The molecule has 0 unspecified atom stereocenters. The molecular weight excluding hydrogens is 180 g/mol. The fourth-order valence-electron chi connectivity index (χ4n) is 1.31. The van der Waals surface area contributed by atoms with Crippen LogP contribution in [0.3, 0.4) is 0 Å². The molecule has 0 saturated heterocycles. The number of pyridine rings is 1. The van der Waals surface area contributed by atoms with Gasteiger partial charge >= 0.3 is 5.76 Å². The van der Waals surface area contributed by atoms with Crippen LogP contribution in [0.15, 0.2) is 33.6 Å². The summed E-state index contributed by atoms with van der Waals surface area (Å²) in [6, 6.07) is 5.49. The standard InChI is InChI=1S/C10H10N2O2/c1-2-7-9(14-10(13)12-7)8-5-3-4-6-11-8/h3-6H,2H2,1H3,(H,12,13). The van der Waals surface area contributed by atoms with Gasteiger partial charge in [0.2, 0.25) is 0 Å². The Morgan fingerprint density at radius 3 is 3.00 bits per heavy atom. The van der Waals surface area contributed by atoms with Crippen LogP contribution < -0.4 is 5.76 Å². The zero-order valence-electron chi connectivity index (χ0n) is 7.78. The summed E-state index contributed by atoms with van der Waals surface area (Å²) in [6.45, 7) is 1.95. The van der Waals surface area contributed by atoms with Crippen molar-refractivity contribution in [3.8, 4) is 11.5 Å². The van der Waals surface area contributed by atoms with Crippen molar-refractivity contribution in [3.63, 3.8) is 0 Å². The van der Waals surface area contributed by atoms with Gasteiger partial charge in [-0.25, -0.2) is 4.79 Å². The number of aromatic amines is 1. The lowest BCUT2D eigenvalue weighted by molar-refractivity contribution is 0.526. The predicted octanol–water partition coefficient (Wildman–Crippen LogP) is 1.59. The molecule has 0 aliphatic rings. The minimum absolute atomic E-state index is 0.428. The molecule has 0 spiro atoms. The van der Waals surface area contributed by atoms with E-state index in [2.05, 4.69) is 9.97 Å². The lowest BCUT2D eigenvalue weighted by Gasteiger charge is -1.96. The van der Waals surface area contributed by atoms with Crippen LogP contribution in [0.5, 0.6) is 0 Å². The van der Waals surface area contributed by atoms with E-state index >= 15 is 0 Å². The average molecular weight is 190 g/mol. The average Bonchev–Trinajstić information content (AvgIpc) is 2.61. The largest absolute Gasteiger partial charge is 0.417 e. The molecule has 1 N–H and O–H groups in total. The summed E-state index contributed by atoms with van der Waals surface area (Å²) in [4.78, 5) is 17.7. The Bertz CT molecular complexity index is 470. The van der Waals surface area contributed by atoms with Crippen LogP contribution in [-0.2, 0) is 6.42 Å². The van der Waals surface area contributed by atoms with Crippen LogP contribution in [0, 0.1) is 0 Å². The van der Waals surface area contributed by atoms with E-state index < -0.39 is 5.76 Å². The van der Waals surface area contributed by atoms with Crippen LogP contribution >= 0.6 is 0 Å². The quantitative estimate of drug-likeness (QED) is 0.782. The molecule has 2 aromatic heterocycles. The second-order valence-electron chi connectivity index (χ2n) is 2.89. The molecule has 2 aromatic rings. The van der Waals surface area contributed by atoms with Crippen molar-refractivity contribution in [2.75, 3.05) is 0 Å². The van der Waals surface area contributed by atoms with Gasteiger partial charge in [-0.2, -0.15) is 0 Å². The monoisotopic (exact) mass is 190 g/mol. The molecule has 4 heteroatoms.